The number of nitrogens with one attached hydrogen (secondary N) is 1. The molecular formula is C30H24N2O3S. The molecule has 6 heteroatoms. The summed E-state index contributed by atoms with van der Waals surface area (Å²) in [4.78, 5) is 27.2. The van der Waals surface area contributed by atoms with Gasteiger partial charge in [-0.2, -0.15) is 0 Å². The number of amides is 2. The number of aryl methyl sites for hydroxylation is 1. The molecule has 1 N–H and O–H groups in total. The first-order valence-electron chi connectivity index (χ1n) is 11.7. The van der Waals surface area contributed by atoms with Crippen molar-refractivity contribution in [2.75, 3.05) is 4.90 Å². The third-order valence-electron chi connectivity index (χ3n) is 6.17. The van der Waals surface area contributed by atoms with Gasteiger partial charge in [-0.3, -0.25) is 19.8 Å². The van der Waals surface area contributed by atoms with E-state index in [-0.39, 0.29) is 10.7 Å². The Morgan fingerprint density at radius 1 is 0.889 bits per heavy atom. The van der Waals surface area contributed by atoms with Crippen LogP contribution in [-0.2, 0) is 22.6 Å². The van der Waals surface area contributed by atoms with Gasteiger partial charge in [-0.25, -0.2) is 0 Å². The van der Waals surface area contributed by atoms with Crippen LogP contribution in [0, 0.1) is 0 Å². The van der Waals surface area contributed by atoms with Gasteiger partial charge in [0.25, 0.3) is 11.8 Å². The van der Waals surface area contributed by atoms with Crippen LogP contribution in [0.5, 0.6) is 5.75 Å². The van der Waals surface area contributed by atoms with E-state index in [0.717, 1.165) is 22.9 Å². The Morgan fingerprint density at radius 2 is 1.61 bits per heavy atom. The number of carbonyl (C=O) groups excluding carboxylic acids is 2. The van der Waals surface area contributed by atoms with Crippen molar-refractivity contribution in [2.24, 2.45) is 0 Å². The topological polar surface area (TPSA) is 58.6 Å². The zero-order chi connectivity index (χ0) is 25.1. The fraction of sp³-hybridized carbons (Fsp3) is 0.100. The van der Waals surface area contributed by atoms with Crippen molar-refractivity contribution in [1.82, 2.24) is 5.32 Å². The van der Waals surface area contributed by atoms with E-state index in [0.29, 0.717) is 23.6 Å². The number of nitrogens with zero attached hydrogens (tertiary/aromatic N) is 1. The normalized spacial score (nSPS) is 14.9. The minimum absolute atomic E-state index is 0.0209. The maximum atomic E-state index is 13.2. The Labute approximate surface area is 215 Å². The molecule has 0 spiro atoms. The second-order valence-corrected chi connectivity index (χ2v) is 8.86. The number of hydrogen-bond donors (Lipinski definition) is 1. The second kappa shape index (κ2) is 10.1. The van der Waals surface area contributed by atoms with E-state index in [1.165, 1.54) is 10.3 Å². The first-order chi connectivity index (χ1) is 17.5. The molecule has 0 saturated carbocycles. The SMILES string of the molecule is CCc1ccc(N2C(=O)C(=Cc3ccc(OCc4cccc5ccccc45)cc3)C(=O)NC2=S)cc1. The summed E-state index contributed by atoms with van der Waals surface area (Å²) in [6.07, 6.45) is 2.46. The van der Waals surface area contributed by atoms with E-state index in [4.69, 9.17) is 17.0 Å². The van der Waals surface area contributed by atoms with Crippen molar-refractivity contribution in [3.8, 4) is 5.75 Å². The third kappa shape index (κ3) is 4.76. The van der Waals surface area contributed by atoms with Crippen molar-refractivity contribution in [2.45, 2.75) is 20.0 Å². The van der Waals surface area contributed by atoms with Crippen LogP contribution in [0.4, 0.5) is 5.69 Å². The minimum atomic E-state index is -0.511. The molecule has 1 saturated heterocycles. The van der Waals surface area contributed by atoms with Crippen molar-refractivity contribution in [1.29, 1.82) is 0 Å². The van der Waals surface area contributed by atoms with Crippen LogP contribution in [0.15, 0.2) is 96.6 Å². The average Bonchev–Trinajstić information content (AvgIpc) is 2.91. The van der Waals surface area contributed by atoms with Crippen LogP contribution in [0.25, 0.3) is 16.8 Å². The van der Waals surface area contributed by atoms with Gasteiger partial charge in [0.15, 0.2) is 5.11 Å². The fourth-order valence-electron chi connectivity index (χ4n) is 4.18. The standard InChI is InChI=1S/C30H24N2O3S/c1-2-20-10-14-24(15-11-20)32-29(34)27(28(33)31-30(32)36)18-21-12-16-25(17-13-21)35-19-23-8-5-7-22-6-3-4-9-26(22)23/h3-18H,2,19H2,1H3,(H,31,33,36). The molecule has 4 aromatic rings. The van der Waals surface area contributed by atoms with E-state index in [2.05, 4.69) is 36.5 Å². The molecule has 0 unspecified atom stereocenters. The summed E-state index contributed by atoms with van der Waals surface area (Å²) in [6.45, 7) is 2.50. The minimum Gasteiger partial charge on any atom is -0.489 e. The van der Waals surface area contributed by atoms with E-state index >= 15 is 0 Å². The van der Waals surface area contributed by atoms with Gasteiger partial charge in [0, 0.05) is 0 Å². The summed E-state index contributed by atoms with van der Waals surface area (Å²) in [5, 5.41) is 5.03. The molecule has 5 rings (SSSR count). The summed E-state index contributed by atoms with van der Waals surface area (Å²) in [7, 11) is 0. The molecule has 0 bridgehead atoms. The largest absolute Gasteiger partial charge is 0.489 e. The van der Waals surface area contributed by atoms with Crippen LogP contribution < -0.4 is 15.0 Å². The quantitative estimate of drug-likeness (QED) is 0.210. The number of fused-ring (bicyclic) bond motifs is 1. The summed E-state index contributed by atoms with van der Waals surface area (Å²) >= 11 is 5.29. The lowest BCUT2D eigenvalue weighted by Crippen LogP contribution is -2.54. The molecule has 1 aliphatic rings. The molecule has 5 nitrogen and oxygen atoms in total. The maximum absolute atomic E-state index is 13.2. The number of ether oxygens (including phenoxy) is 1. The van der Waals surface area contributed by atoms with Crippen molar-refractivity contribution < 1.29 is 14.3 Å². The Morgan fingerprint density at radius 3 is 2.36 bits per heavy atom. The highest BCUT2D eigenvalue weighted by Gasteiger charge is 2.34. The first kappa shape index (κ1) is 23.5. The third-order valence-corrected chi connectivity index (χ3v) is 6.45. The van der Waals surface area contributed by atoms with Gasteiger partial charge in [-0.1, -0.05) is 73.7 Å². The number of thiocarbonyl (C=S) groups is 1. The maximum Gasteiger partial charge on any atom is 0.270 e. The summed E-state index contributed by atoms with van der Waals surface area (Å²) < 4.78 is 6.00. The summed E-state index contributed by atoms with van der Waals surface area (Å²) in [6, 6.07) is 29.2. The molecule has 1 aliphatic heterocycles. The zero-order valence-corrected chi connectivity index (χ0v) is 20.5. The molecule has 2 amide bonds. The monoisotopic (exact) mass is 492 g/mol. The summed E-state index contributed by atoms with van der Waals surface area (Å²) in [5.74, 6) is -0.268. The molecule has 0 aliphatic carbocycles. The smallest absolute Gasteiger partial charge is 0.270 e. The molecule has 36 heavy (non-hydrogen) atoms. The average molecular weight is 493 g/mol. The van der Waals surface area contributed by atoms with Crippen LogP contribution in [0.3, 0.4) is 0 Å². The molecule has 0 atom stereocenters. The van der Waals surface area contributed by atoms with Gasteiger partial charge in [0.1, 0.15) is 17.9 Å². The lowest BCUT2D eigenvalue weighted by Gasteiger charge is -2.29. The Hall–Kier alpha value is -4.29. The highest BCUT2D eigenvalue weighted by atomic mass is 32.1. The van der Waals surface area contributed by atoms with Gasteiger partial charge in [-0.15, -0.1) is 0 Å². The number of carbonyl (C=O) groups is 2. The van der Waals surface area contributed by atoms with Gasteiger partial charge < -0.3 is 4.74 Å². The molecular weight excluding hydrogens is 468 g/mol. The van der Waals surface area contributed by atoms with Crippen LogP contribution in [0.2, 0.25) is 0 Å². The van der Waals surface area contributed by atoms with E-state index in [1.807, 2.05) is 66.7 Å². The van der Waals surface area contributed by atoms with Gasteiger partial charge in [-0.05, 0) is 76.4 Å². The molecule has 1 fully saturated rings. The zero-order valence-electron chi connectivity index (χ0n) is 19.7. The molecule has 178 valence electrons. The Kier molecular flexibility index (Phi) is 6.60. The number of anilines is 1. The number of rotatable bonds is 6. The first-order valence-corrected chi connectivity index (χ1v) is 12.1. The fourth-order valence-corrected chi connectivity index (χ4v) is 4.46. The predicted octanol–water partition coefficient (Wildman–Crippen LogP) is 5.81. The highest BCUT2D eigenvalue weighted by Crippen LogP contribution is 2.24. The van der Waals surface area contributed by atoms with E-state index in [1.54, 1.807) is 6.08 Å². The van der Waals surface area contributed by atoms with Crippen LogP contribution in [-0.4, -0.2) is 16.9 Å². The van der Waals surface area contributed by atoms with Gasteiger partial charge >= 0.3 is 0 Å². The number of benzene rings is 4. The van der Waals surface area contributed by atoms with Gasteiger partial charge in [0.05, 0.1) is 5.69 Å². The van der Waals surface area contributed by atoms with Crippen molar-refractivity contribution >= 4 is 51.7 Å². The van der Waals surface area contributed by atoms with E-state index in [9.17, 15) is 9.59 Å². The summed E-state index contributed by atoms with van der Waals surface area (Å²) in [5.41, 5.74) is 3.60. The lowest BCUT2D eigenvalue weighted by molar-refractivity contribution is -0.122. The van der Waals surface area contributed by atoms with Crippen molar-refractivity contribution in [3.05, 3.63) is 113 Å². The van der Waals surface area contributed by atoms with Crippen LogP contribution in [0.1, 0.15) is 23.6 Å². The molecule has 0 radical (unpaired) electrons. The predicted molar refractivity (Wildman–Crippen MR) is 147 cm³/mol. The number of hydrogen-bond acceptors (Lipinski definition) is 4. The Bertz CT molecular complexity index is 1490. The van der Waals surface area contributed by atoms with Gasteiger partial charge in [0.2, 0.25) is 0 Å². The lowest BCUT2D eigenvalue weighted by atomic mass is 10.1. The van der Waals surface area contributed by atoms with Crippen molar-refractivity contribution in [3.63, 3.8) is 0 Å². The Balaban J connectivity index is 1.33. The highest BCUT2D eigenvalue weighted by molar-refractivity contribution is 7.80. The van der Waals surface area contributed by atoms with Crippen LogP contribution >= 0.6 is 12.2 Å². The van der Waals surface area contributed by atoms with E-state index < -0.39 is 11.8 Å². The molecule has 1 heterocycles. The molecule has 4 aromatic carbocycles. The molecule has 0 aromatic heterocycles. The second-order valence-electron chi connectivity index (χ2n) is 8.47.